The maximum absolute atomic E-state index is 5.22. The minimum atomic E-state index is 0.806. The molecule has 0 N–H and O–H groups in total. The predicted octanol–water partition coefficient (Wildman–Crippen LogP) is 2.37. The van der Waals surface area contributed by atoms with E-state index in [9.17, 15) is 0 Å². The lowest BCUT2D eigenvalue weighted by molar-refractivity contribution is 0.215. The van der Waals surface area contributed by atoms with E-state index >= 15 is 0 Å². The van der Waals surface area contributed by atoms with Crippen molar-refractivity contribution in [3.05, 3.63) is 29.8 Å². The molecule has 0 aliphatic carbocycles. The Morgan fingerprint density at radius 2 is 1.89 bits per heavy atom. The zero-order chi connectivity index (χ0) is 13.1. The number of fused-ring (bicyclic) bond motifs is 1. The Kier molecular flexibility index (Phi) is 4.04. The van der Waals surface area contributed by atoms with Crippen LogP contribution in [0.2, 0.25) is 0 Å². The highest BCUT2D eigenvalue weighted by Crippen LogP contribution is 2.22. The average molecular weight is 260 g/mol. The smallest absolute Gasteiger partial charge is 0.118 e. The number of ether oxygens (including phenoxy) is 1. The molecule has 1 aromatic rings. The van der Waals surface area contributed by atoms with Crippen molar-refractivity contribution < 1.29 is 4.74 Å². The molecule has 104 valence electrons. The van der Waals surface area contributed by atoms with E-state index < -0.39 is 0 Å². The third-order valence-electron chi connectivity index (χ3n) is 4.45. The first kappa shape index (κ1) is 12.9. The van der Waals surface area contributed by atoms with Crippen LogP contribution in [-0.2, 0) is 6.54 Å². The van der Waals surface area contributed by atoms with Crippen LogP contribution in [0.25, 0.3) is 0 Å². The topological polar surface area (TPSA) is 15.7 Å². The molecule has 2 aliphatic rings. The van der Waals surface area contributed by atoms with E-state index in [1.54, 1.807) is 7.11 Å². The molecule has 0 saturated carbocycles. The van der Waals surface area contributed by atoms with Crippen LogP contribution in [0, 0.1) is 0 Å². The van der Waals surface area contributed by atoms with Crippen LogP contribution in [0.1, 0.15) is 24.8 Å². The van der Waals surface area contributed by atoms with Gasteiger partial charge in [0.25, 0.3) is 0 Å². The summed E-state index contributed by atoms with van der Waals surface area (Å²) in [5, 5.41) is 0. The van der Waals surface area contributed by atoms with E-state index in [2.05, 4.69) is 34.1 Å². The van der Waals surface area contributed by atoms with E-state index in [0.29, 0.717) is 0 Å². The lowest BCUT2D eigenvalue weighted by atomic mass is 10.1. The second-order valence-corrected chi connectivity index (χ2v) is 5.77. The first-order chi connectivity index (χ1) is 9.35. The van der Waals surface area contributed by atoms with Crippen LogP contribution < -0.4 is 4.74 Å². The highest BCUT2D eigenvalue weighted by molar-refractivity contribution is 5.27. The second kappa shape index (κ2) is 5.93. The maximum Gasteiger partial charge on any atom is 0.118 e. The largest absolute Gasteiger partial charge is 0.497 e. The van der Waals surface area contributed by atoms with Crippen LogP contribution in [0.15, 0.2) is 24.3 Å². The Hall–Kier alpha value is -1.06. The number of rotatable bonds is 3. The molecule has 0 bridgehead atoms. The van der Waals surface area contributed by atoms with Crippen molar-refractivity contribution in [1.82, 2.24) is 9.80 Å². The van der Waals surface area contributed by atoms with Gasteiger partial charge in [0.05, 0.1) is 7.11 Å². The summed E-state index contributed by atoms with van der Waals surface area (Å²) in [7, 11) is 1.72. The van der Waals surface area contributed by atoms with E-state index in [4.69, 9.17) is 4.74 Å². The number of hydrogen-bond acceptors (Lipinski definition) is 3. The first-order valence-electron chi connectivity index (χ1n) is 7.44. The third kappa shape index (κ3) is 3.10. The highest BCUT2D eigenvalue weighted by atomic mass is 16.5. The van der Waals surface area contributed by atoms with Gasteiger partial charge in [-0.25, -0.2) is 0 Å². The molecule has 2 aliphatic heterocycles. The van der Waals surface area contributed by atoms with Crippen LogP contribution in [0.5, 0.6) is 5.75 Å². The molecule has 2 fully saturated rings. The molecular weight excluding hydrogens is 236 g/mol. The molecule has 1 unspecified atom stereocenters. The fourth-order valence-corrected chi connectivity index (χ4v) is 3.42. The van der Waals surface area contributed by atoms with Gasteiger partial charge < -0.3 is 4.74 Å². The van der Waals surface area contributed by atoms with Gasteiger partial charge in [0.2, 0.25) is 0 Å². The monoisotopic (exact) mass is 260 g/mol. The van der Waals surface area contributed by atoms with Gasteiger partial charge in [0, 0.05) is 19.1 Å². The van der Waals surface area contributed by atoms with Gasteiger partial charge in [0.1, 0.15) is 5.75 Å². The molecule has 19 heavy (non-hydrogen) atoms. The third-order valence-corrected chi connectivity index (χ3v) is 4.45. The number of nitrogens with zero attached hydrogens (tertiary/aromatic N) is 2. The molecule has 1 aromatic carbocycles. The zero-order valence-electron chi connectivity index (χ0n) is 11.8. The summed E-state index contributed by atoms with van der Waals surface area (Å²) in [5.41, 5.74) is 1.40. The first-order valence-corrected chi connectivity index (χ1v) is 7.44. The Balaban J connectivity index is 1.61. The van der Waals surface area contributed by atoms with Gasteiger partial charge in [0.15, 0.2) is 0 Å². The van der Waals surface area contributed by atoms with Crippen molar-refractivity contribution in [2.45, 2.75) is 31.8 Å². The minimum Gasteiger partial charge on any atom is -0.497 e. The molecule has 2 saturated heterocycles. The molecule has 0 amide bonds. The Bertz CT molecular complexity index is 404. The van der Waals surface area contributed by atoms with E-state index in [-0.39, 0.29) is 0 Å². The van der Waals surface area contributed by atoms with E-state index in [0.717, 1.165) is 18.3 Å². The van der Waals surface area contributed by atoms with Gasteiger partial charge in [-0.15, -0.1) is 0 Å². The summed E-state index contributed by atoms with van der Waals surface area (Å²) < 4.78 is 5.22. The molecule has 0 radical (unpaired) electrons. The summed E-state index contributed by atoms with van der Waals surface area (Å²) >= 11 is 0. The quantitative estimate of drug-likeness (QED) is 0.830. The molecular formula is C16H24N2O. The van der Waals surface area contributed by atoms with Crippen molar-refractivity contribution in [3.8, 4) is 5.75 Å². The van der Waals surface area contributed by atoms with Crippen molar-refractivity contribution in [2.75, 3.05) is 33.3 Å². The molecule has 1 atom stereocenters. The van der Waals surface area contributed by atoms with Crippen LogP contribution >= 0.6 is 0 Å². The van der Waals surface area contributed by atoms with Crippen molar-refractivity contribution >= 4 is 0 Å². The fourth-order valence-electron chi connectivity index (χ4n) is 3.42. The lowest BCUT2D eigenvalue weighted by Crippen LogP contribution is -2.36. The van der Waals surface area contributed by atoms with Crippen molar-refractivity contribution in [1.29, 1.82) is 0 Å². The molecule has 3 heteroatoms. The number of hydrogen-bond donors (Lipinski definition) is 0. The van der Waals surface area contributed by atoms with Crippen LogP contribution in [0.3, 0.4) is 0 Å². The van der Waals surface area contributed by atoms with Crippen LogP contribution in [-0.4, -0.2) is 49.1 Å². The van der Waals surface area contributed by atoms with Gasteiger partial charge in [-0.05, 0) is 56.6 Å². The van der Waals surface area contributed by atoms with Crippen molar-refractivity contribution in [2.24, 2.45) is 0 Å². The zero-order valence-corrected chi connectivity index (χ0v) is 11.8. The highest BCUT2D eigenvalue weighted by Gasteiger charge is 2.28. The summed E-state index contributed by atoms with van der Waals surface area (Å²) in [5.74, 6) is 0.946. The summed E-state index contributed by atoms with van der Waals surface area (Å²) in [6.45, 7) is 6.17. The Morgan fingerprint density at radius 3 is 2.68 bits per heavy atom. The summed E-state index contributed by atoms with van der Waals surface area (Å²) in [4.78, 5) is 5.31. The second-order valence-electron chi connectivity index (χ2n) is 5.77. The summed E-state index contributed by atoms with van der Waals surface area (Å²) in [6.07, 6.45) is 4.09. The minimum absolute atomic E-state index is 0.806. The molecule has 2 heterocycles. The lowest BCUT2D eigenvalue weighted by Gasteiger charge is -2.25. The maximum atomic E-state index is 5.22. The number of methoxy groups -OCH3 is 1. The Morgan fingerprint density at radius 1 is 1.11 bits per heavy atom. The van der Waals surface area contributed by atoms with E-state index in [1.165, 1.54) is 51.0 Å². The number of benzene rings is 1. The molecule has 3 rings (SSSR count). The molecule has 3 nitrogen and oxygen atoms in total. The molecule has 0 aromatic heterocycles. The predicted molar refractivity (Wildman–Crippen MR) is 77.5 cm³/mol. The fraction of sp³-hybridized carbons (Fsp3) is 0.625. The summed E-state index contributed by atoms with van der Waals surface area (Å²) in [6, 6.07) is 9.32. The van der Waals surface area contributed by atoms with E-state index in [1.807, 2.05) is 0 Å². The van der Waals surface area contributed by atoms with Gasteiger partial charge in [-0.3, -0.25) is 9.80 Å². The van der Waals surface area contributed by atoms with Gasteiger partial charge >= 0.3 is 0 Å². The Labute approximate surface area is 116 Å². The molecule has 0 spiro atoms. The SMILES string of the molecule is COc1ccc(CN2CCCN3CCCC3C2)cc1. The standard InChI is InChI=1S/C16H24N2O/c1-19-16-7-5-14(6-8-16)12-17-9-3-11-18-10-2-4-15(18)13-17/h5-8,15H,2-4,9-13H2,1H3. The van der Waals surface area contributed by atoms with Crippen molar-refractivity contribution in [3.63, 3.8) is 0 Å². The van der Waals surface area contributed by atoms with Gasteiger partial charge in [-0.1, -0.05) is 12.1 Å². The average Bonchev–Trinajstić information content (AvgIpc) is 2.79. The van der Waals surface area contributed by atoms with Gasteiger partial charge in [-0.2, -0.15) is 0 Å². The van der Waals surface area contributed by atoms with Crippen LogP contribution in [0.4, 0.5) is 0 Å². The normalized spacial score (nSPS) is 25.0.